The van der Waals surface area contributed by atoms with Crippen molar-refractivity contribution >= 4 is 23.3 Å². The van der Waals surface area contributed by atoms with Crippen LogP contribution in [0.5, 0.6) is 11.5 Å². The molecule has 0 aliphatic carbocycles. The van der Waals surface area contributed by atoms with E-state index in [1.54, 1.807) is 0 Å². The molecule has 0 bridgehead atoms. The number of fused-ring (bicyclic) bond motifs is 1. The van der Waals surface area contributed by atoms with Gasteiger partial charge in [0.05, 0.1) is 50.0 Å². The molecule has 2 aliphatic heterocycles. The van der Waals surface area contributed by atoms with E-state index in [4.69, 9.17) is 19.3 Å². The van der Waals surface area contributed by atoms with Crippen molar-refractivity contribution in [3.8, 4) is 11.5 Å². The Balaban J connectivity index is 2.02. The first-order chi connectivity index (χ1) is 13.5. The number of amides is 1. The van der Waals surface area contributed by atoms with Crippen LogP contribution in [0.3, 0.4) is 0 Å². The van der Waals surface area contributed by atoms with Crippen LogP contribution in [0.2, 0.25) is 0 Å². The molecule has 0 radical (unpaired) electrons. The van der Waals surface area contributed by atoms with Crippen molar-refractivity contribution in [2.75, 3.05) is 45.3 Å². The zero-order valence-electron chi connectivity index (χ0n) is 15.1. The minimum atomic E-state index is -0.742. The van der Waals surface area contributed by atoms with E-state index in [1.807, 2.05) is 0 Å². The van der Waals surface area contributed by atoms with Gasteiger partial charge in [-0.15, -0.1) is 0 Å². The van der Waals surface area contributed by atoms with Crippen molar-refractivity contribution < 1.29 is 33.8 Å². The number of nitrogens with zero attached hydrogens (tertiary/aromatic N) is 2. The number of hydrogen-bond donors (Lipinski definition) is 2. The third-order valence-electron chi connectivity index (χ3n) is 4.28. The minimum absolute atomic E-state index is 0.00768. The Kier molecular flexibility index (Phi) is 5.64. The van der Waals surface area contributed by atoms with Gasteiger partial charge < -0.3 is 29.5 Å². The highest BCUT2D eigenvalue weighted by Gasteiger charge is 2.36. The van der Waals surface area contributed by atoms with Crippen LogP contribution in [0.4, 0.5) is 11.4 Å². The number of methoxy groups -OCH3 is 1. The van der Waals surface area contributed by atoms with Crippen molar-refractivity contribution in [1.29, 1.82) is 0 Å². The number of hydrogen-bond acceptors (Lipinski definition) is 9. The lowest BCUT2D eigenvalue weighted by Crippen LogP contribution is -2.31. The normalized spacial score (nSPS) is 16.1. The van der Waals surface area contributed by atoms with E-state index in [9.17, 15) is 19.7 Å². The standard InChI is InChI=1S/C17H19N3O8/c1-26-17(23)10-9-19(3-4-21)16(22)15(10)18-11-7-13-14(8-12(11)20(24)25)28-6-2-5-27-13/h7-8,18,21H,2-6,9H2,1H3. The molecule has 1 aromatic carbocycles. The molecule has 0 aromatic heterocycles. The quantitative estimate of drug-likeness (QED) is 0.400. The summed E-state index contributed by atoms with van der Waals surface area (Å²) in [5.74, 6) is -0.788. The Labute approximate surface area is 159 Å². The highest BCUT2D eigenvalue weighted by Crippen LogP contribution is 2.40. The number of β-amino-alcohol motifs (C(OH)–C–C–N with tert-alkyl or cyclic N) is 1. The maximum Gasteiger partial charge on any atom is 0.337 e. The molecule has 3 rings (SSSR count). The summed E-state index contributed by atoms with van der Waals surface area (Å²) in [7, 11) is 1.17. The number of nitrogens with one attached hydrogen (secondary N) is 1. The molecule has 11 nitrogen and oxygen atoms in total. The highest BCUT2D eigenvalue weighted by atomic mass is 16.6. The lowest BCUT2D eigenvalue weighted by atomic mass is 10.2. The van der Waals surface area contributed by atoms with Crippen LogP contribution in [0, 0.1) is 10.1 Å². The van der Waals surface area contributed by atoms with E-state index in [-0.39, 0.29) is 48.1 Å². The first-order valence-electron chi connectivity index (χ1n) is 8.53. The highest BCUT2D eigenvalue weighted by molar-refractivity contribution is 6.08. The first-order valence-corrected chi connectivity index (χ1v) is 8.53. The maximum atomic E-state index is 12.6. The van der Waals surface area contributed by atoms with Gasteiger partial charge in [-0.05, 0) is 0 Å². The third-order valence-corrected chi connectivity index (χ3v) is 4.28. The van der Waals surface area contributed by atoms with E-state index in [2.05, 4.69) is 5.32 Å². The number of aliphatic hydroxyl groups is 1. The lowest BCUT2D eigenvalue weighted by Gasteiger charge is -2.15. The average Bonchev–Trinajstić information content (AvgIpc) is 2.85. The molecule has 0 fully saturated rings. The van der Waals surface area contributed by atoms with Crippen LogP contribution in [0.15, 0.2) is 23.4 Å². The van der Waals surface area contributed by atoms with Gasteiger partial charge in [-0.2, -0.15) is 0 Å². The molecule has 0 unspecified atom stereocenters. The maximum absolute atomic E-state index is 12.6. The van der Waals surface area contributed by atoms with E-state index >= 15 is 0 Å². The second-order valence-corrected chi connectivity index (χ2v) is 6.04. The second kappa shape index (κ2) is 8.13. The number of anilines is 1. The fourth-order valence-electron chi connectivity index (χ4n) is 2.93. The molecule has 2 N–H and O–H groups in total. The summed E-state index contributed by atoms with van der Waals surface area (Å²) in [5, 5.41) is 23.3. The summed E-state index contributed by atoms with van der Waals surface area (Å²) in [6.07, 6.45) is 0.623. The van der Waals surface area contributed by atoms with Gasteiger partial charge in [0.15, 0.2) is 11.5 Å². The predicted octanol–water partition coefficient (Wildman–Crippen LogP) is 0.430. The molecular weight excluding hydrogens is 374 g/mol. The number of nitro benzene ring substituents is 1. The molecule has 2 aliphatic rings. The third kappa shape index (κ3) is 3.69. The SMILES string of the molecule is COC(=O)C1=C(Nc2cc3c(cc2[N+](=O)[O-])OCCCO3)C(=O)N(CCO)C1. The Bertz CT molecular complexity index is 851. The van der Waals surface area contributed by atoms with E-state index in [0.29, 0.717) is 25.4 Å². The van der Waals surface area contributed by atoms with Crippen LogP contribution in [-0.4, -0.2) is 66.8 Å². The second-order valence-electron chi connectivity index (χ2n) is 6.04. The monoisotopic (exact) mass is 393 g/mol. The number of carbonyl (C=O) groups excluding carboxylic acids is 2. The van der Waals surface area contributed by atoms with Crippen LogP contribution >= 0.6 is 0 Å². The molecule has 1 amide bonds. The van der Waals surface area contributed by atoms with Crippen LogP contribution in [0.1, 0.15) is 6.42 Å². The molecule has 0 spiro atoms. The van der Waals surface area contributed by atoms with Gasteiger partial charge in [-0.25, -0.2) is 4.79 Å². The number of nitro groups is 1. The average molecular weight is 393 g/mol. The molecule has 150 valence electrons. The van der Waals surface area contributed by atoms with E-state index < -0.39 is 16.8 Å². The zero-order valence-corrected chi connectivity index (χ0v) is 15.1. The van der Waals surface area contributed by atoms with Crippen molar-refractivity contribution in [3.63, 3.8) is 0 Å². The van der Waals surface area contributed by atoms with Gasteiger partial charge in [-0.3, -0.25) is 14.9 Å². The topological polar surface area (TPSA) is 140 Å². The number of ether oxygens (including phenoxy) is 3. The molecule has 0 atom stereocenters. The van der Waals surface area contributed by atoms with Gasteiger partial charge >= 0.3 is 5.97 Å². The summed E-state index contributed by atoms with van der Waals surface area (Å²) >= 11 is 0. The number of benzene rings is 1. The summed E-state index contributed by atoms with van der Waals surface area (Å²) in [5.41, 5.74) is -0.487. The molecule has 11 heteroatoms. The van der Waals surface area contributed by atoms with Crippen LogP contribution < -0.4 is 14.8 Å². The predicted molar refractivity (Wildman–Crippen MR) is 95.0 cm³/mol. The van der Waals surface area contributed by atoms with Crippen molar-refractivity contribution in [1.82, 2.24) is 4.90 Å². The fraction of sp³-hybridized carbons (Fsp3) is 0.412. The Morgan fingerprint density at radius 3 is 2.64 bits per heavy atom. The first kappa shape index (κ1) is 19.4. The van der Waals surface area contributed by atoms with Crippen molar-refractivity contribution in [2.24, 2.45) is 0 Å². The van der Waals surface area contributed by atoms with Crippen molar-refractivity contribution in [3.05, 3.63) is 33.5 Å². The molecular formula is C17H19N3O8. The van der Waals surface area contributed by atoms with Gasteiger partial charge in [0.25, 0.3) is 11.6 Å². The number of rotatable bonds is 6. The Morgan fingerprint density at radius 1 is 1.36 bits per heavy atom. The summed E-state index contributed by atoms with van der Waals surface area (Å²) in [6, 6.07) is 2.58. The molecule has 1 aromatic rings. The van der Waals surface area contributed by atoms with Gasteiger partial charge in [0, 0.05) is 19.0 Å². The molecule has 0 saturated heterocycles. The van der Waals surface area contributed by atoms with Crippen molar-refractivity contribution in [2.45, 2.75) is 6.42 Å². The zero-order chi connectivity index (χ0) is 20.3. The molecule has 0 saturated carbocycles. The van der Waals surface area contributed by atoms with Gasteiger partial charge in [0.1, 0.15) is 11.4 Å². The minimum Gasteiger partial charge on any atom is -0.489 e. The van der Waals surface area contributed by atoms with E-state index in [1.165, 1.54) is 24.1 Å². The van der Waals surface area contributed by atoms with Crippen LogP contribution in [0.25, 0.3) is 0 Å². The smallest absolute Gasteiger partial charge is 0.337 e. The lowest BCUT2D eigenvalue weighted by molar-refractivity contribution is -0.384. The summed E-state index contributed by atoms with van der Waals surface area (Å²) in [4.78, 5) is 36.8. The summed E-state index contributed by atoms with van der Waals surface area (Å²) < 4.78 is 15.7. The van der Waals surface area contributed by atoms with Gasteiger partial charge in [-0.1, -0.05) is 0 Å². The Hall–Kier alpha value is -3.34. The largest absolute Gasteiger partial charge is 0.489 e. The number of esters is 1. The number of carbonyl (C=O) groups is 2. The molecule has 28 heavy (non-hydrogen) atoms. The molecule has 2 heterocycles. The van der Waals surface area contributed by atoms with Crippen LogP contribution in [-0.2, 0) is 14.3 Å². The number of aliphatic hydroxyl groups excluding tert-OH is 1. The Morgan fingerprint density at radius 2 is 2.04 bits per heavy atom. The fourth-order valence-corrected chi connectivity index (χ4v) is 2.93. The summed E-state index contributed by atoms with van der Waals surface area (Å²) in [6.45, 7) is 0.380. The van der Waals surface area contributed by atoms with Gasteiger partial charge in [0.2, 0.25) is 0 Å². The van der Waals surface area contributed by atoms with E-state index in [0.717, 1.165) is 0 Å².